The molecule has 1 N–H and O–H groups in total. The van der Waals surface area contributed by atoms with E-state index in [9.17, 15) is 28.7 Å². The number of aromatic hydroxyl groups is 1. The van der Waals surface area contributed by atoms with E-state index < -0.39 is 52.6 Å². The fourth-order valence-electron chi connectivity index (χ4n) is 9.68. The van der Waals surface area contributed by atoms with Crippen molar-refractivity contribution in [2.75, 3.05) is 41.0 Å². The van der Waals surface area contributed by atoms with E-state index in [2.05, 4.69) is 4.90 Å². The van der Waals surface area contributed by atoms with Gasteiger partial charge in [0, 0.05) is 30.1 Å². The number of nitrogens with zero attached hydrogens (tertiary/aromatic N) is 3. The Morgan fingerprint density at radius 1 is 0.808 bits per heavy atom. The number of allylic oxidation sites excluding steroid dienone is 2. The van der Waals surface area contributed by atoms with Crippen molar-refractivity contribution >= 4 is 63.1 Å². The summed E-state index contributed by atoms with van der Waals surface area (Å²) in [5.74, 6) is -5.53. The lowest BCUT2D eigenvalue weighted by atomic mass is 9.51. The molecule has 1 saturated carbocycles. The number of ether oxygens (including phenoxy) is 1. The third-order valence-electron chi connectivity index (χ3n) is 12.2. The van der Waals surface area contributed by atoms with Crippen molar-refractivity contribution in [3.8, 4) is 5.75 Å². The Morgan fingerprint density at radius 3 is 2.23 bits per heavy atom. The molecule has 264 valence electrons. The number of imide groups is 2. The molecular formula is C41H35ClFN3O6. The highest BCUT2D eigenvalue weighted by atomic mass is 35.5. The fourth-order valence-corrected chi connectivity index (χ4v) is 9.85. The molecular weight excluding hydrogens is 685 g/mol. The van der Waals surface area contributed by atoms with Crippen LogP contribution in [0.4, 0.5) is 21.5 Å². The van der Waals surface area contributed by atoms with E-state index in [1.54, 1.807) is 37.3 Å². The molecule has 2 aliphatic carbocycles. The van der Waals surface area contributed by atoms with Crippen LogP contribution in [0.15, 0.2) is 90.5 Å². The molecule has 4 aromatic rings. The number of carbonyl (C=O) groups excluding carboxylic acids is 4. The van der Waals surface area contributed by atoms with E-state index >= 15 is 0 Å². The van der Waals surface area contributed by atoms with Crippen molar-refractivity contribution in [1.82, 2.24) is 0 Å². The summed E-state index contributed by atoms with van der Waals surface area (Å²) in [6.07, 6.45) is 2.48. The van der Waals surface area contributed by atoms with Gasteiger partial charge in [-0.05, 0) is 85.2 Å². The van der Waals surface area contributed by atoms with Gasteiger partial charge >= 0.3 is 0 Å². The number of rotatable bonds is 4. The van der Waals surface area contributed by atoms with Gasteiger partial charge in [0.05, 0.1) is 52.8 Å². The Hall–Kier alpha value is -5.06. The Morgan fingerprint density at radius 2 is 1.50 bits per heavy atom. The van der Waals surface area contributed by atoms with E-state index in [1.165, 1.54) is 17.0 Å². The number of halogens is 2. The minimum atomic E-state index is -1.31. The van der Waals surface area contributed by atoms with Gasteiger partial charge in [0.2, 0.25) is 23.6 Å². The van der Waals surface area contributed by atoms with Gasteiger partial charge in [-0.1, -0.05) is 53.6 Å². The van der Waals surface area contributed by atoms with Crippen LogP contribution in [0.5, 0.6) is 5.75 Å². The lowest BCUT2D eigenvalue weighted by Gasteiger charge is -2.49. The molecule has 52 heavy (non-hydrogen) atoms. The number of morpholine rings is 1. The number of fused-ring (bicyclic) bond motifs is 5. The number of anilines is 3. The Balaban J connectivity index is 1.15. The first-order valence-corrected chi connectivity index (χ1v) is 18.0. The molecule has 4 amide bonds. The highest BCUT2D eigenvalue weighted by Gasteiger charge is 2.67. The van der Waals surface area contributed by atoms with Crippen molar-refractivity contribution in [3.63, 3.8) is 0 Å². The predicted molar refractivity (Wildman–Crippen MR) is 194 cm³/mol. The van der Waals surface area contributed by atoms with Crippen LogP contribution in [0.1, 0.15) is 31.2 Å². The van der Waals surface area contributed by atoms with Gasteiger partial charge in [-0.25, -0.2) is 9.29 Å². The second-order valence-electron chi connectivity index (χ2n) is 14.6. The number of amides is 4. The van der Waals surface area contributed by atoms with Crippen molar-refractivity contribution < 1.29 is 33.4 Å². The lowest BCUT2D eigenvalue weighted by Crippen LogP contribution is -2.49. The van der Waals surface area contributed by atoms with Crippen molar-refractivity contribution in [3.05, 3.63) is 107 Å². The first kappa shape index (κ1) is 32.8. The second kappa shape index (κ2) is 12.0. The number of phenols is 1. The Bertz CT molecular complexity index is 2240. The predicted octanol–water partition coefficient (Wildman–Crippen LogP) is 6.61. The zero-order valence-electron chi connectivity index (χ0n) is 28.3. The second-order valence-corrected chi connectivity index (χ2v) is 15.0. The van der Waals surface area contributed by atoms with Crippen LogP contribution >= 0.6 is 11.6 Å². The minimum Gasteiger partial charge on any atom is -0.507 e. The molecule has 0 radical (unpaired) electrons. The zero-order valence-corrected chi connectivity index (χ0v) is 29.1. The van der Waals surface area contributed by atoms with Crippen molar-refractivity contribution in [1.29, 1.82) is 0 Å². The van der Waals surface area contributed by atoms with Gasteiger partial charge in [-0.15, -0.1) is 0 Å². The molecule has 3 aliphatic heterocycles. The first-order chi connectivity index (χ1) is 25.1. The van der Waals surface area contributed by atoms with Gasteiger partial charge in [-0.3, -0.25) is 24.1 Å². The zero-order chi connectivity index (χ0) is 36.1. The molecule has 0 unspecified atom stereocenters. The summed E-state index contributed by atoms with van der Waals surface area (Å²) in [4.78, 5) is 62.6. The van der Waals surface area contributed by atoms with Gasteiger partial charge in [0.25, 0.3) is 0 Å². The van der Waals surface area contributed by atoms with Crippen LogP contribution in [0.2, 0.25) is 5.02 Å². The summed E-state index contributed by atoms with van der Waals surface area (Å²) in [5.41, 5.74) is 1.91. The molecule has 0 aromatic heterocycles. The molecule has 11 heteroatoms. The molecule has 9 rings (SSSR count). The summed E-state index contributed by atoms with van der Waals surface area (Å²) < 4.78 is 19.7. The summed E-state index contributed by atoms with van der Waals surface area (Å²) in [7, 11) is 0. The SMILES string of the molecule is C[C@@]12C(=O)N(c3ccc(F)c(Cl)c3)C(=O)[C@@H]1C[C@@H]1C(=CC[C@@H]3C(=O)N(c4ccc(N5CCOCC5)cc4)C(=O)[C@@H]31)[C@@H]2c1ccc(O)c2ccccc12. The number of benzene rings is 4. The number of hydrogen-bond acceptors (Lipinski definition) is 7. The fraction of sp³-hybridized carbons (Fsp3) is 0.317. The van der Waals surface area contributed by atoms with E-state index in [-0.39, 0.29) is 34.7 Å². The van der Waals surface area contributed by atoms with Gasteiger partial charge in [-0.2, -0.15) is 0 Å². The van der Waals surface area contributed by atoms with Crippen LogP contribution in [-0.4, -0.2) is 55.0 Å². The third kappa shape index (κ3) is 4.63. The number of hydrogen-bond donors (Lipinski definition) is 1. The van der Waals surface area contributed by atoms with Crippen LogP contribution < -0.4 is 14.7 Å². The molecule has 0 spiro atoms. The summed E-state index contributed by atoms with van der Waals surface area (Å²) in [6, 6.07) is 22.0. The van der Waals surface area contributed by atoms with Crippen LogP contribution in [-0.2, 0) is 23.9 Å². The van der Waals surface area contributed by atoms with E-state index in [0.29, 0.717) is 30.7 Å². The molecule has 4 aromatic carbocycles. The summed E-state index contributed by atoms with van der Waals surface area (Å²) in [5, 5.41) is 11.9. The minimum absolute atomic E-state index is 0.0781. The Kier molecular flexibility index (Phi) is 7.57. The van der Waals surface area contributed by atoms with E-state index in [4.69, 9.17) is 16.3 Å². The lowest BCUT2D eigenvalue weighted by molar-refractivity contribution is -0.131. The average Bonchev–Trinajstić information content (AvgIpc) is 3.53. The van der Waals surface area contributed by atoms with E-state index in [1.807, 2.05) is 36.4 Å². The molecule has 3 saturated heterocycles. The summed E-state index contributed by atoms with van der Waals surface area (Å²) in [6.45, 7) is 4.57. The quantitative estimate of drug-likeness (QED) is 0.187. The van der Waals surface area contributed by atoms with Crippen molar-refractivity contribution in [2.24, 2.45) is 29.1 Å². The molecule has 0 bridgehead atoms. The normalized spacial score (nSPS) is 28.6. The number of phenolic OH excluding ortho intramolecular Hbond substituents is 1. The van der Waals surface area contributed by atoms with Gasteiger partial charge < -0.3 is 14.7 Å². The van der Waals surface area contributed by atoms with Crippen LogP contribution in [0.3, 0.4) is 0 Å². The third-order valence-corrected chi connectivity index (χ3v) is 12.5. The Labute approximate surface area is 304 Å². The maximum absolute atomic E-state index is 14.8. The molecule has 4 fully saturated rings. The number of carbonyl (C=O) groups is 4. The average molecular weight is 720 g/mol. The van der Waals surface area contributed by atoms with Gasteiger partial charge in [0.1, 0.15) is 11.6 Å². The molecule has 6 atom stereocenters. The largest absolute Gasteiger partial charge is 0.507 e. The summed E-state index contributed by atoms with van der Waals surface area (Å²) >= 11 is 6.14. The molecule has 9 nitrogen and oxygen atoms in total. The highest BCUT2D eigenvalue weighted by molar-refractivity contribution is 6.32. The standard InChI is InChI=1S/C41H35ClFN3O6/c1-41-31(38(49)46(40(41)51)24-10-14-33(43)32(42)20-24)21-30-28(36(41)27-13-15-34(47)26-5-3-2-4-25(26)27)11-12-29-35(30)39(50)45(37(29)48)23-8-6-22(7-9-23)44-16-18-52-19-17-44/h2-11,13-15,20,29-31,35-36,47H,12,16-19,21H2,1H3/t29-,30+,31-,35-,36-,41+/m0/s1. The molecule has 3 heterocycles. The van der Waals surface area contributed by atoms with Crippen LogP contribution in [0, 0.1) is 34.9 Å². The van der Waals surface area contributed by atoms with Crippen molar-refractivity contribution in [2.45, 2.75) is 25.7 Å². The topological polar surface area (TPSA) is 107 Å². The monoisotopic (exact) mass is 719 g/mol. The maximum atomic E-state index is 14.8. The maximum Gasteiger partial charge on any atom is 0.241 e. The smallest absolute Gasteiger partial charge is 0.241 e. The van der Waals surface area contributed by atoms with Crippen LogP contribution in [0.25, 0.3) is 10.8 Å². The highest BCUT2D eigenvalue weighted by Crippen LogP contribution is 2.64. The molecule has 5 aliphatic rings. The van der Waals surface area contributed by atoms with E-state index in [0.717, 1.165) is 46.3 Å². The first-order valence-electron chi connectivity index (χ1n) is 17.6. The van der Waals surface area contributed by atoms with Gasteiger partial charge in [0.15, 0.2) is 0 Å².